The topological polar surface area (TPSA) is 299 Å². The number of β-amino-alcohol motifs (C(OH)–C–C–N with tert-alkyl or cyclic N) is 1. The molecule has 0 saturated carbocycles. The van der Waals surface area contributed by atoms with Crippen molar-refractivity contribution in [3.8, 4) is 0 Å². The van der Waals surface area contributed by atoms with Crippen LogP contribution in [0.5, 0.6) is 0 Å². The van der Waals surface area contributed by atoms with Crippen molar-refractivity contribution < 1.29 is 48.6 Å². The van der Waals surface area contributed by atoms with Gasteiger partial charge < -0.3 is 63.0 Å². The third-order valence-corrected chi connectivity index (χ3v) is 11.5. The fourth-order valence-corrected chi connectivity index (χ4v) is 8.30. The molecule has 0 radical (unpaired) electrons. The van der Waals surface area contributed by atoms with Crippen LogP contribution in [0, 0.1) is 0 Å². The van der Waals surface area contributed by atoms with Crippen molar-refractivity contribution in [3.63, 3.8) is 0 Å². The Balaban J connectivity index is 1.39. The minimum Gasteiger partial charge on any atom is -0.480 e. The Morgan fingerprint density at radius 1 is 0.638 bits per heavy atom. The van der Waals surface area contributed by atoms with Crippen LogP contribution in [-0.2, 0) is 38.4 Å². The second kappa shape index (κ2) is 22.1. The monoisotopic (exact) mass is 820 g/mol. The van der Waals surface area contributed by atoms with Crippen molar-refractivity contribution in [3.05, 3.63) is 0 Å². The number of likely N-dealkylation sites (tertiary alicyclic amines) is 3. The van der Waals surface area contributed by atoms with Crippen molar-refractivity contribution >= 4 is 47.3 Å². The number of carbonyl (C=O) groups is 8. The molecule has 0 unspecified atom stereocenters. The Hall–Kier alpha value is -4.40. The molecule has 58 heavy (non-hydrogen) atoms. The summed E-state index contributed by atoms with van der Waals surface area (Å²) in [4.78, 5) is 110. The van der Waals surface area contributed by atoms with E-state index in [0.717, 1.165) is 13.0 Å². The molecule has 326 valence electrons. The number of nitrogens with two attached hydrogens (primary N) is 2. The molecule has 20 heteroatoms. The summed E-state index contributed by atoms with van der Waals surface area (Å²) in [6.45, 7) is 4.78. The SMILES string of the molecule is C[C@H](NC(=O)[C@@H]1CCCN1)C(=O)N1CCC[C@H]1C(=O)N[C@@H](CCCCN)C(=O)N1C[C@H](O)C[C@H]1C(=O)N[C@@H](C)C(=O)N1CCC[C@H]1C(=O)N[C@@H](CCCCN)C(=O)O. The number of carboxylic acids is 1. The first-order valence-corrected chi connectivity index (χ1v) is 20.9. The Kier molecular flexibility index (Phi) is 17.6. The molecule has 0 aromatic carbocycles. The van der Waals surface area contributed by atoms with E-state index in [4.69, 9.17) is 11.5 Å². The largest absolute Gasteiger partial charge is 0.480 e. The number of aliphatic hydroxyl groups excluding tert-OH is 1. The number of hydrogen-bond donors (Lipinski definition) is 9. The number of unbranched alkanes of at least 4 members (excludes halogenated alkanes) is 2. The van der Waals surface area contributed by atoms with Gasteiger partial charge in [-0.25, -0.2) is 4.79 Å². The van der Waals surface area contributed by atoms with Crippen molar-refractivity contribution in [2.45, 2.75) is 152 Å². The standard InChI is InChI=1S/C38H64N10O10/c1-22(42-31(50)25-12-7-17-41-25)35(54)46-18-8-13-28(46)32(51)44-26(10-3-5-15-39)37(56)48-21-24(49)20-30(48)34(53)43-23(2)36(55)47-19-9-14-29(47)33(52)45-27(38(57)58)11-4-6-16-40/h22-30,41,49H,3-21,39-40H2,1-2H3,(H,42,50)(H,43,53)(H,44,51)(H,45,52)(H,57,58)/t22-,23-,24+,25-,26-,27-,28-,29-,30-/m0/s1. The number of aliphatic carboxylic acids is 1. The van der Waals surface area contributed by atoms with Gasteiger partial charge in [-0.05, 0) is 111 Å². The average Bonchev–Trinajstić information content (AvgIpc) is 4.03. The van der Waals surface area contributed by atoms with Gasteiger partial charge in [-0.1, -0.05) is 0 Å². The molecule has 4 aliphatic rings. The van der Waals surface area contributed by atoms with Gasteiger partial charge in [-0.15, -0.1) is 0 Å². The third kappa shape index (κ3) is 12.1. The molecule has 4 saturated heterocycles. The zero-order valence-corrected chi connectivity index (χ0v) is 33.8. The molecular formula is C38H64N10O10. The number of amides is 7. The van der Waals surface area contributed by atoms with E-state index >= 15 is 0 Å². The predicted molar refractivity (Wildman–Crippen MR) is 209 cm³/mol. The molecule has 0 aliphatic carbocycles. The van der Waals surface area contributed by atoms with E-state index in [9.17, 15) is 48.6 Å². The fraction of sp³-hybridized carbons (Fsp3) is 0.789. The molecule has 0 aromatic heterocycles. The second-order valence-electron chi connectivity index (χ2n) is 15.9. The van der Waals surface area contributed by atoms with Gasteiger partial charge in [0.1, 0.15) is 42.3 Å². The highest BCUT2D eigenvalue weighted by Crippen LogP contribution is 2.24. The van der Waals surface area contributed by atoms with E-state index in [-0.39, 0.29) is 44.3 Å². The van der Waals surface area contributed by atoms with Gasteiger partial charge in [0.2, 0.25) is 41.4 Å². The molecule has 4 rings (SSSR count). The Morgan fingerprint density at radius 3 is 1.64 bits per heavy atom. The molecule has 9 atom stereocenters. The molecule has 4 heterocycles. The van der Waals surface area contributed by atoms with Crippen LogP contribution in [-0.4, -0.2) is 166 Å². The van der Waals surface area contributed by atoms with Gasteiger partial charge in [-0.3, -0.25) is 33.6 Å². The number of hydrogen-bond acceptors (Lipinski definition) is 12. The van der Waals surface area contributed by atoms with Crippen LogP contribution in [0.4, 0.5) is 0 Å². The molecule has 0 bridgehead atoms. The first kappa shape index (κ1) is 46.3. The zero-order valence-electron chi connectivity index (χ0n) is 33.8. The van der Waals surface area contributed by atoms with E-state index in [0.29, 0.717) is 77.4 Å². The number of nitrogens with one attached hydrogen (secondary N) is 5. The molecule has 4 fully saturated rings. The first-order chi connectivity index (χ1) is 27.7. The van der Waals surface area contributed by atoms with Crippen LogP contribution in [0.3, 0.4) is 0 Å². The second-order valence-corrected chi connectivity index (χ2v) is 15.9. The van der Waals surface area contributed by atoms with Crippen LogP contribution in [0.25, 0.3) is 0 Å². The molecular weight excluding hydrogens is 756 g/mol. The van der Waals surface area contributed by atoms with Crippen LogP contribution in [0.2, 0.25) is 0 Å². The van der Waals surface area contributed by atoms with Crippen molar-refractivity contribution in [2.24, 2.45) is 11.5 Å². The number of nitrogens with zero attached hydrogens (tertiary/aromatic N) is 3. The summed E-state index contributed by atoms with van der Waals surface area (Å²) in [5, 5.41) is 34.1. The maximum absolute atomic E-state index is 14.2. The van der Waals surface area contributed by atoms with Crippen molar-refractivity contribution in [1.29, 1.82) is 0 Å². The summed E-state index contributed by atoms with van der Waals surface area (Å²) < 4.78 is 0. The lowest BCUT2D eigenvalue weighted by Gasteiger charge is -2.32. The Morgan fingerprint density at radius 2 is 1.14 bits per heavy atom. The molecule has 20 nitrogen and oxygen atoms in total. The van der Waals surface area contributed by atoms with Crippen molar-refractivity contribution in [1.82, 2.24) is 41.3 Å². The maximum Gasteiger partial charge on any atom is 0.326 e. The number of rotatable bonds is 20. The van der Waals surface area contributed by atoms with Crippen LogP contribution < -0.4 is 38.1 Å². The normalized spacial score (nSPS) is 25.1. The molecule has 7 amide bonds. The summed E-state index contributed by atoms with van der Waals surface area (Å²) in [7, 11) is 0. The lowest BCUT2D eigenvalue weighted by molar-refractivity contribution is -0.146. The molecule has 0 spiro atoms. The first-order valence-electron chi connectivity index (χ1n) is 20.9. The minimum absolute atomic E-state index is 0.123. The van der Waals surface area contributed by atoms with E-state index in [1.165, 1.54) is 21.6 Å². The van der Waals surface area contributed by atoms with Gasteiger partial charge in [0.15, 0.2) is 0 Å². The van der Waals surface area contributed by atoms with E-state index < -0.39 is 89.8 Å². The predicted octanol–water partition coefficient (Wildman–Crippen LogP) is -3.00. The van der Waals surface area contributed by atoms with Crippen LogP contribution in [0.15, 0.2) is 0 Å². The summed E-state index contributed by atoms with van der Waals surface area (Å²) in [5.74, 6) is -4.93. The zero-order chi connectivity index (χ0) is 42.5. The van der Waals surface area contributed by atoms with Gasteiger partial charge in [0.25, 0.3) is 0 Å². The van der Waals surface area contributed by atoms with Gasteiger partial charge in [-0.2, -0.15) is 0 Å². The summed E-state index contributed by atoms with van der Waals surface area (Å²) in [6, 6.07) is -7.65. The smallest absolute Gasteiger partial charge is 0.326 e. The van der Waals surface area contributed by atoms with E-state index in [1.807, 2.05) is 0 Å². The highest BCUT2D eigenvalue weighted by Gasteiger charge is 2.45. The maximum atomic E-state index is 14.2. The Labute approximate surface area is 339 Å². The highest BCUT2D eigenvalue weighted by atomic mass is 16.4. The number of carboxylic acid groups (broad SMARTS) is 1. The van der Waals surface area contributed by atoms with E-state index in [2.05, 4.69) is 26.6 Å². The van der Waals surface area contributed by atoms with Crippen LogP contribution >= 0.6 is 0 Å². The van der Waals surface area contributed by atoms with Gasteiger partial charge in [0, 0.05) is 26.1 Å². The molecule has 0 aromatic rings. The molecule has 4 aliphatic heterocycles. The number of aliphatic hydroxyl groups is 1. The minimum atomic E-state index is -1.19. The summed E-state index contributed by atoms with van der Waals surface area (Å²) in [5.41, 5.74) is 11.2. The van der Waals surface area contributed by atoms with E-state index in [1.54, 1.807) is 6.92 Å². The quantitative estimate of drug-likeness (QED) is 0.0555. The number of carbonyl (C=O) groups excluding carboxylic acids is 7. The Bertz CT molecular complexity index is 1490. The van der Waals surface area contributed by atoms with Crippen molar-refractivity contribution in [2.75, 3.05) is 39.3 Å². The fourth-order valence-electron chi connectivity index (χ4n) is 8.30. The lowest BCUT2D eigenvalue weighted by Crippen LogP contribution is -2.59. The highest BCUT2D eigenvalue weighted by molar-refractivity contribution is 5.98. The third-order valence-electron chi connectivity index (χ3n) is 11.5. The lowest BCUT2D eigenvalue weighted by atomic mass is 10.1. The van der Waals surface area contributed by atoms with Crippen LogP contribution in [0.1, 0.15) is 97.3 Å². The average molecular weight is 821 g/mol. The molecule has 11 N–H and O–H groups in total. The van der Waals surface area contributed by atoms with Gasteiger partial charge in [0.05, 0.1) is 12.1 Å². The summed E-state index contributed by atoms with van der Waals surface area (Å²) in [6.07, 6.45) is 4.49. The summed E-state index contributed by atoms with van der Waals surface area (Å²) >= 11 is 0. The van der Waals surface area contributed by atoms with Gasteiger partial charge >= 0.3 is 5.97 Å².